The van der Waals surface area contributed by atoms with Gasteiger partial charge >= 0.3 is 17.9 Å². The molecule has 82 heavy (non-hydrogen) atoms. The monoisotopic (exact) mass is 1140 g/mol. The Morgan fingerprint density at radius 1 is 0.256 bits per heavy atom. The number of rotatable bonds is 65. The van der Waals surface area contributed by atoms with Gasteiger partial charge in [-0.1, -0.05) is 331 Å². The van der Waals surface area contributed by atoms with Crippen LogP contribution >= 0.6 is 0 Å². The predicted molar refractivity (Wildman–Crippen MR) is 358 cm³/mol. The van der Waals surface area contributed by atoms with Crippen molar-refractivity contribution in [1.29, 1.82) is 0 Å². The lowest BCUT2D eigenvalue weighted by Crippen LogP contribution is -2.30. The summed E-state index contributed by atoms with van der Waals surface area (Å²) in [6.07, 6.45) is 93.2. The van der Waals surface area contributed by atoms with Crippen molar-refractivity contribution in [2.45, 2.75) is 367 Å². The molecule has 0 saturated carbocycles. The van der Waals surface area contributed by atoms with E-state index in [9.17, 15) is 14.4 Å². The summed E-state index contributed by atoms with van der Waals surface area (Å²) >= 11 is 0. The molecule has 0 radical (unpaired) electrons. The summed E-state index contributed by atoms with van der Waals surface area (Å²) in [5.74, 6) is -0.856. The topological polar surface area (TPSA) is 78.9 Å². The van der Waals surface area contributed by atoms with Crippen molar-refractivity contribution >= 4 is 17.9 Å². The van der Waals surface area contributed by atoms with Crippen molar-refractivity contribution in [2.75, 3.05) is 13.2 Å². The Labute approximate surface area is 509 Å². The number of esters is 3. The van der Waals surface area contributed by atoms with Crippen molar-refractivity contribution in [3.05, 3.63) is 85.1 Å². The fraction of sp³-hybridized carbons (Fsp3) is 0.776. The van der Waals surface area contributed by atoms with E-state index in [0.29, 0.717) is 19.3 Å². The van der Waals surface area contributed by atoms with E-state index in [1.165, 1.54) is 225 Å². The molecule has 0 aliphatic heterocycles. The zero-order valence-electron chi connectivity index (χ0n) is 54.5. The molecule has 474 valence electrons. The molecule has 0 amide bonds. The largest absolute Gasteiger partial charge is 0.462 e. The Morgan fingerprint density at radius 2 is 0.476 bits per heavy atom. The molecule has 6 heteroatoms. The van der Waals surface area contributed by atoms with Gasteiger partial charge in [-0.2, -0.15) is 0 Å². The minimum absolute atomic E-state index is 0.0726. The maximum atomic E-state index is 13.0. The van der Waals surface area contributed by atoms with Gasteiger partial charge in [0.15, 0.2) is 6.10 Å². The molecule has 0 saturated heterocycles. The Bertz CT molecular complexity index is 1550. The molecule has 6 nitrogen and oxygen atoms in total. The number of carbonyl (C=O) groups excluding carboxylic acids is 3. The molecule has 0 heterocycles. The molecule has 0 aliphatic carbocycles. The average Bonchev–Trinajstić information content (AvgIpc) is 3.47. The van der Waals surface area contributed by atoms with E-state index in [2.05, 4.69) is 106 Å². The minimum atomic E-state index is -0.777. The van der Waals surface area contributed by atoms with Crippen LogP contribution in [-0.4, -0.2) is 37.2 Å². The van der Waals surface area contributed by atoms with E-state index in [-0.39, 0.29) is 31.1 Å². The van der Waals surface area contributed by atoms with Crippen molar-refractivity contribution in [1.82, 2.24) is 0 Å². The third-order valence-corrected chi connectivity index (χ3v) is 15.6. The number of hydrogen-bond acceptors (Lipinski definition) is 6. The molecule has 0 N–H and O–H groups in total. The lowest BCUT2D eigenvalue weighted by atomic mass is 10.0. The fourth-order valence-corrected chi connectivity index (χ4v) is 10.3. The van der Waals surface area contributed by atoms with Crippen LogP contribution in [0, 0.1) is 0 Å². The van der Waals surface area contributed by atoms with E-state index in [0.717, 1.165) is 96.3 Å². The predicted octanol–water partition coefficient (Wildman–Crippen LogP) is 24.6. The molecular weight excluding hydrogens is 1010 g/mol. The van der Waals surface area contributed by atoms with Gasteiger partial charge < -0.3 is 14.2 Å². The van der Waals surface area contributed by atoms with E-state index >= 15 is 0 Å². The summed E-state index contributed by atoms with van der Waals surface area (Å²) in [5, 5.41) is 0. The molecule has 0 bridgehead atoms. The van der Waals surface area contributed by atoms with Crippen LogP contribution in [0.25, 0.3) is 0 Å². The van der Waals surface area contributed by atoms with Crippen molar-refractivity contribution in [2.24, 2.45) is 0 Å². The van der Waals surface area contributed by atoms with Crippen LogP contribution in [0.5, 0.6) is 0 Å². The number of carbonyl (C=O) groups is 3. The summed E-state index contributed by atoms with van der Waals surface area (Å²) in [6, 6.07) is 0. The Balaban J connectivity index is 4.23. The Hall–Kier alpha value is -3.41. The summed E-state index contributed by atoms with van der Waals surface area (Å²) in [4.78, 5) is 38.4. The second-order valence-electron chi connectivity index (χ2n) is 23.8. The first-order valence-electron chi connectivity index (χ1n) is 35.6. The summed E-state index contributed by atoms with van der Waals surface area (Å²) < 4.78 is 17.0. The number of hydrogen-bond donors (Lipinski definition) is 0. The quantitative estimate of drug-likeness (QED) is 0.0261. The fourth-order valence-electron chi connectivity index (χ4n) is 10.3. The van der Waals surface area contributed by atoms with Crippen LogP contribution in [-0.2, 0) is 28.6 Å². The van der Waals surface area contributed by atoms with Gasteiger partial charge in [0, 0.05) is 19.3 Å². The van der Waals surface area contributed by atoms with Crippen LogP contribution < -0.4 is 0 Å². The van der Waals surface area contributed by atoms with Crippen LogP contribution in [0.3, 0.4) is 0 Å². The Kier molecular flexibility index (Phi) is 67.2. The van der Waals surface area contributed by atoms with Gasteiger partial charge in [-0.15, -0.1) is 0 Å². The maximum Gasteiger partial charge on any atom is 0.306 e. The highest BCUT2D eigenvalue weighted by molar-refractivity contribution is 5.71. The second-order valence-corrected chi connectivity index (χ2v) is 23.8. The standard InChI is InChI=1S/C76H134O6/c1-4-7-10-13-16-19-22-25-27-29-31-33-35-36-37-38-39-40-42-43-45-47-49-51-54-57-60-63-66-69-75(78)81-72-73(71-80-74(77)68-65-62-59-56-53-24-21-18-15-12-9-6-3)82-76(79)70-67-64-61-58-55-52-50-48-46-44-41-34-32-30-28-26-23-20-17-14-11-8-5-2/h7,10,16,19,23,25-27,30-33,36-37,73H,4-6,8-9,11-15,17-18,20-22,24,28-29,34-35,38-72H2,1-3H3/b10-7-,19-16-,26-23-,27-25-,32-30-,33-31-,37-36-. The molecule has 0 aromatic heterocycles. The third-order valence-electron chi connectivity index (χ3n) is 15.6. The molecule has 1 atom stereocenters. The normalized spacial score (nSPS) is 12.6. The lowest BCUT2D eigenvalue weighted by Gasteiger charge is -2.18. The zero-order chi connectivity index (χ0) is 59.2. The second kappa shape index (κ2) is 70.1. The number of allylic oxidation sites excluding steroid dienone is 14. The van der Waals surface area contributed by atoms with Crippen molar-refractivity contribution < 1.29 is 28.6 Å². The molecule has 0 spiro atoms. The van der Waals surface area contributed by atoms with Gasteiger partial charge in [0.2, 0.25) is 0 Å². The van der Waals surface area contributed by atoms with Crippen molar-refractivity contribution in [3.63, 3.8) is 0 Å². The molecule has 1 unspecified atom stereocenters. The van der Waals surface area contributed by atoms with Crippen LogP contribution in [0.4, 0.5) is 0 Å². The van der Waals surface area contributed by atoms with Gasteiger partial charge in [-0.05, 0) is 96.3 Å². The highest BCUT2D eigenvalue weighted by Gasteiger charge is 2.19. The van der Waals surface area contributed by atoms with E-state index in [1.54, 1.807) is 0 Å². The van der Waals surface area contributed by atoms with Gasteiger partial charge in [-0.3, -0.25) is 14.4 Å². The lowest BCUT2D eigenvalue weighted by molar-refractivity contribution is -0.167. The van der Waals surface area contributed by atoms with Gasteiger partial charge in [-0.25, -0.2) is 0 Å². The highest BCUT2D eigenvalue weighted by atomic mass is 16.6. The highest BCUT2D eigenvalue weighted by Crippen LogP contribution is 2.18. The molecule has 0 aromatic rings. The summed E-state index contributed by atoms with van der Waals surface area (Å²) in [6.45, 7) is 6.56. The molecule has 0 aliphatic rings. The molecular formula is C76H134O6. The first kappa shape index (κ1) is 78.6. The van der Waals surface area contributed by atoms with E-state index in [4.69, 9.17) is 14.2 Å². The SMILES string of the molecule is CC/C=C\C/C=C\C/C=C\C/C=C\C/C=C\CCCCCCCCCCCCCCCC(=O)OCC(COC(=O)CCCCCCCCCCCCCC)OC(=O)CCCCCCCCCCCCC/C=C\C/C=C\CCCCCCC. The summed E-state index contributed by atoms with van der Waals surface area (Å²) in [7, 11) is 0. The smallest absolute Gasteiger partial charge is 0.306 e. The Morgan fingerprint density at radius 3 is 0.744 bits per heavy atom. The van der Waals surface area contributed by atoms with Crippen LogP contribution in [0.2, 0.25) is 0 Å². The number of ether oxygens (including phenoxy) is 3. The van der Waals surface area contributed by atoms with Crippen molar-refractivity contribution in [3.8, 4) is 0 Å². The van der Waals surface area contributed by atoms with Crippen LogP contribution in [0.15, 0.2) is 85.1 Å². The molecule has 0 rings (SSSR count). The van der Waals surface area contributed by atoms with Crippen LogP contribution in [0.1, 0.15) is 361 Å². The minimum Gasteiger partial charge on any atom is -0.462 e. The van der Waals surface area contributed by atoms with Gasteiger partial charge in [0.1, 0.15) is 13.2 Å². The van der Waals surface area contributed by atoms with Gasteiger partial charge in [0.25, 0.3) is 0 Å². The molecule has 0 fully saturated rings. The molecule has 0 aromatic carbocycles. The zero-order valence-corrected chi connectivity index (χ0v) is 54.5. The first-order valence-corrected chi connectivity index (χ1v) is 35.6. The number of unbranched alkanes of at least 4 members (excludes halogenated alkanes) is 40. The average molecular weight is 1140 g/mol. The summed E-state index contributed by atoms with van der Waals surface area (Å²) in [5.41, 5.74) is 0. The first-order chi connectivity index (χ1) is 40.5. The van der Waals surface area contributed by atoms with Gasteiger partial charge in [0.05, 0.1) is 0 Å². The maximum absolute atomic E-state index is 13.0. The van der Waals surface area contributed by atoms with E-state index in [1.807, 2.05) is 0 Å². The third kappa shape index (κ3) is 67.4. The van der Waals surface area contributed by atoms with E-state index < -0.39 is 6.10 Å².